The second-order valence-electron chi connectivity index (χ2n) is 5.20. The summed E-state index contributed by atoms with van der Waals surface area (Å²) < 4.78 is 8.44. The van der Waals surface area contributed by atoms with E-state index in [-0.39, 0.29) is 11.1 Å². The van der Waals surface area contributed by atoms with Gasteiger partial charge in [0.05, 0.1) is 12.6 Å². The first-order valence-corrected chi connectivity index (χ1v) is 5.63. The van der Waals surface area contributed by atoms with E-state index in [0.717, 1.165) is 23.2 Å². The number of nitrogens with zero attached hydrogens (tertiary/aromatic N) is 2. The summed E-state index contributed by atoms with van der Waals surface area (Å²) in [7, 11) is 0. The summed E-state index contributed by atoms with van der Waals surface area (Å²) in [5, 5.41) is 0. The van der Waals surface area contributed by atoms with Crippen molar-refractivity contribution in [1.29, 1.82) is 0 Å². The largest absolute Gasteiger partial charge is 0.473 e. The van der Waals surface area contributed by atoms with E-state index >= 15 is 0 Å². The molecule has 1 aromatic heterocycles. The number of rotatable bonds is 0. The highest BCUT2D eigenvalue weighted by molar-refractivity contribution is 5.78. The van der Waals surface area contributed by atoms with Crippen LogP contribution in [0.15, 0.2) is 30.6 Å². The first-order chi connectivity index (χ1) is 7.64. The van der Waals surface area contributed by atoms with E-state index in [1.54, 1.807) is 0 Å². The van der Waals surface area contributed by atoms with Gasteiger partial charge in [-0.05, 0) is 19.1 Å². The molecular formula is C13H13N2O+. The van der Waals surface area contributed by atoms with Crippen molar-refractivity contribution >= 4 is 11.0 Å². The summed E-state index contributed by atoms with van der Waals surface area (Å²) in [6.07, 6.45) is 5.01. The van der Waals surface area contributed by atoms with Gasteiger partial charge in [-0.3, -0.25) is 0 Å². The Hall–Kier alpha value is -1.64. The molecule has 1 aromatic carbocycles. The standard InChI is InChI=1S/C13H13N2O/c1-12-8-13(12,2)16-10-5-3-4-9-11(10)15(12)7-6-14-9/h3-7H,8H2,1-2H3/q+1. The lowest BCUT2D eigenvalue weighted by molar-refractivity contribution is -0.722. The topological polar surface area (TPSA) is 26.0 Å². The minimum Gasteiger partial charge on any atom is -0.473 e. The van der Waals surface area contributed by atoms with E-state index in [2.05, 4.69) is 29.6 Å². The van der Waals surface area contributed by atoms with E-state index in [0.29, 0.717) is 0 Å². The summed E-state index contributed by atoms with van der Waals surface area (Å²) in [4.78, 5) is 4.39. The van der Waals surface area contributed by atoms with Crippen molar-refractivity contribution in [3.63, 3.8) is 0 Å². The molecule has 0 N–H and O–H groups in total. The monoisotopic (exact) mass is 213 g/mol. The number of aromatic nitrogens is 2. The van der Waals surface area contributed by atoms with E-state index in [4.69, 9.17) is 4.74 Å². The molecule has 2 heterocycles. The number of benzene rings is 1. The van der Waals surface area contributed by atoms with E-state index < -0.39 is 0 Å². The molecule has 0 radical (unpaired) electrons. The number of hydrogen-bond acceptors (Lipinski definition) is 2. The Labute approximate surface area is 93.7 Å². The molecule has 0 saturated heterocycles. The average molecular weight is 213 g/mol. The van der Waals surface area contributed by atoms with Gasteiger partial charge in [0.25, 0.3) is 5.52 Å². The van der Waals surface area contributed by atoms with Gasteiger partial charge in [0.1, 0.15) is 5.52 Å². The molecule has 80 valence electrons. The van der Waals surface area contributed by atoms with Crippen molar-refractivity contribution in [3.05, 3.63) is 30.6 Å². The lowest BCUT2D eigenvalue weighted by Crippen LogP contribution is -2.53. The molecular weight excluding hydrogens is 200 g/mol. The van der Waals surface area contributed by atoms with Gasteiger partial charge in [0.15, 0.2) is 17.5 Å². The molecule has 1 saturated carbocycles. The van der Waals surface area contributed by atoms with Crippen LogP contribution >= 0.6 is 0 Å². The van der Waals surface area contributed by atoms with Crippen molar-refractivity contribution in [2.45, 2.75) is 31.4 Å². The van der Waals surface area contributed by atoms with E-state index in [1.807, 2.05) is 24.4 Å². The van der Waals surface area contributed by atoms with Gasteiger partial charge in [-0.15, -0.1) is 0 Å². The van der Waals surface area contributed by atoms with Crippen LogP contribution in [0.4, 0.5) is 0 Å². The maximum Gasteiger partial charge on any atom is 0.274 e. The van der Waals surface area contributed by atoms with Gasteiger partial charge in [-0.2, -0.15) is 4.57 Å². The molecule has 2 unspecified atom stereocenters. The van der Waals surface area contributed by atoms with Crippen molar-refractivity contribution in [2.75, 3.05) is 0 Å². The van der Waals surface area contributed by atoms with Crippen molar-refractivity contribution < 1.29 is 9.30 Å². The van der Waals surface area contributed by atoms with Gasteiger partial charge in [0.2, 0.25) is 5.54 Å². The smallest absolute Gasteiger partial charge is 0.274 e. The maximum absolute atomic E-state index is 6.11. The minimum absolute atomic E-state index is 0.0414. The first kappa shape index (κ1) is 8.50. The Morgan fingerprint density at radius 2 is 2.25 bits per heavy atom. The summed E-state index contributed by atoms with van der Waals surface area (Å²) in [5.74, 6) is 0.961. The zero-order valence-electron chi connectivity index (χ0n) is 9.40. The predicted molar refractivity (Wildman–Crippen MR) is 59.2 cm³/mol. The van der Waals surface area contributed by atoms with Gasteiger partial charge in [-0.1, -0.05) is 6.07 Å². The third-order valence-electron chi connectivity index (χ3n) is 4.21. The van der Waals surface area contributed by atoms with E-state index in [9.17, 15) is 0 Å². The van der Waals surface area contributed by atoms with Crippen LogP contribution in [0, 0.1) is 0 Å². The molecule has 3 heteroatoms. The number of para-hydroxylation sites is 1. The van der Waals surface area contributed by atoms with Gasteiger partial charge >= 0.3 is 0 Å². The number of ether oxygens (including phenoxy) is 1. The van der Waals surface area contributed by atoms with Crippen molar-refractivity contribution in [2.24, 2.45) is 0 Å². The Balaban J connectivity index is 2.18. The van der Waals surface area contributed by atoms with Crippen LogP contribution < -0.4 is 9.30 Å². The maximum atomic E-state index is 6.11. The Morgan fingerprint density at radius 1 is 1.38 bits per heavy atom. The Morgan fingerprint density at radius 3 is 3.12 bits per heavy atom. The molecule has 16 heavy (non-hydrogen) atoms. The van der Waals surface area contributed by atoms with Crippen molar-refractivity contribution in [1.82, 2.24) is 4.98 Å². The van der Waals surface area contributed by atoms with Gasteiger partial charge < -0.3 is 4.74 Å². The van der Waals surface area contributed by atoms with Crippen molar-refractivity contribution in [3.8, 4) is 5.75 Å². The van der Waals surface area contributed by atoms with Crippen LogP contribution in [0.1, 0.15) is 20.3 Å². The molecule has 2 aromatic rings. The molecule has 3 nitrogen and oxygen atoms in total. The average Bonchev–Trinajstić information content (AvgIpc) is 2.83. The van der Waals surface area contributed by atoms with Gasteiger partial charge in [-0.25, -0.2) is 4.98 Å². The fourth-order valence-electron chi connectivity index (χ4n) is 2.95. The molecule has 0 bridgehead atoms. The molecule has 2 atom stereocenters. The van der Waals surface area contributed by atoms with Crippen LogP contribution in [0.5, 0.6) is 5.75 Å². The molecule has 0 amide bonds. The Kier molecular flexibility index (Phi) is 1.18. The summed E-state index contributed by atoms with van der Waals surface area (Å²) >= 11 is 0. The number of fused-ring (bicyclic) bond motifs is 2. The fraction of sp³-hybridized carbons (Fsp3) is 0.385. The predicted octanol–water partition coefficient (Wildman–Crippen LogP) is 1.79. The highest BCUT2D eigenvalue weighted by Gasteiger charge is 2.75. The van der Waals surface area contributed by atoms with Crippen LogP contribution in [0.2, 0.25) is 0 Å². The number of hydrogen-bond donors (Lipinski definition) is 0. The fourth-order valence-corrected chi connectivity index (χ4v) is 2.95. The second kappa shape index (κ2) is 2.21. The first-order valence-electron chi connectivity index (χ1n) is 5.63. The summed E-state index contributed by atoms with van der Waals surface area (Å²) in [6, 6.07) is 6.07. The molecule has 1 aliphatic carbocycles. The zero-order valence-corrected chi connectivity index (χ0v) is 9.40. The quantitative estimate of drug-likeness (QED) is 0.624. The third-order valence-corrected chi connectivity index (χ3v) is 4.21. The lowest BCUT2D eigenvalue weighted by atomic mass is 10.1. The van der Waals surface area contributed by atoms with Crippen LogP contribution in [-0.4, -0.2) is 10.6 Å². The zero-order chi connectivity index (χ0) is 11.0. The van der Waals surface area contributed by atoms with Crippen LogP contribution in [0.3, 0.4) is 0 Å². The molecule has 2 aliphatic rings. The summed E-state index contributed by atoms with van der Waals surface area (Å²) in [6.45, 7) is 4.44. The molecule has 0 spiro atoms. The summed E-state index contributed by atoms with van der Waals surface area (Å²) in [5.41, 5.74) is 2.20. The van der Waals surface area contributed by atoms with Crippen LogP contribution in [0.25, 0.3) is 11.0 Å². The Bertz CT molecular complexity index is 619. The third kappa shape index (κ3) is 0.742. The van der Waals surface area contributed by atoms with E-state index in [1.165, 1.54) is 0 Å². The molecule has 4 rings (SSSR count). The lowest BCUT2D eigenvalue weighted by Gasteiger charge is -2.22. The highest BCUT2D eigenvalue weighted by atomic mass is 16.5. The minimum atomic E-state index is -0.0414. The molecule has 1 aliphatic heterocycles. The second-order valence-corrected chi connectivity index (χ2v) is 5.20. The SMILES string of the molecule is CC12CC1(C)[n+]1ccnc3cccc(c31)O2. The van der Waals surface area contributed by atoms with Crippen LogP contribution in [-0.2, 0) is 5.54 Å². The normalized spacial score (nSPS) is 34.4. The highest BCUT2D eigenvalue weighted by Crippen LogP contribution is 2.56. The van der Waals surface area contributed by atoms with Gasteiger partial charge in [0, 0.05) is 6.92 Å². The molecule has 1 fully saturated rings.